The molecule has 2 atom stereocenters. The number of aryl methyl sites for hydroxylation is 1. The predicted octanol–water partition coefficient (Wildman–Crippen LogP) is 4.21. The van der Waals surface area contributed by atoms with Gasteiger partial charge >= 0.3 is 6.03 Å². The Bertz CT molecular complexity index is 900. The van der Waals surface area contributed by atoms with Gasteiger partial charge in [0.25, 0.3) is 0 Å². The Kier molecular flexibility index (Phi) is 7.80. The third kappa shape index (κ3) is 5.31. The van der Waals surface area contributed by atoms with Crippen LogP contribution < -0.4 is 20.1 Å². The Labute approximate surface area is 185 Å². The third-order valence-electron chi connectivity index (χ3n) is 6.03. The summed E-state index contributed by atoms with van der Waals surface area (Å²) >= 11 is 0. The van der Waals surface area contributed by atoms with Crippen LogP contribution in [0.5, 0.6) is 11.5 Å². The van der Waals surface area contributed by atoms with Crippen molar-refractivity contribution in [3.63, 3.8) is 0 Å². The van der Waals surface area contributed by atoms with Crippen LogP contribution >= 0.6 is 0 Å². The summed E-state index contributed by atoms with van der Waals surface area (Å²) in [7, 11) is 3.32. The van der Waals surface area contributed by atoms with Gasteiger partial charge in [-0.1, -0.05) is 31.2 Å². The topological polar surface area (TPSA) is 62.8 Å². The van der Waals surface area contributed by atoms with Gasteiger partial charge in [-0.25, -0.2) is 4.79 Å². The van der Waals surface area contributed by atoms with Gasteiger partial charge in [0.05, 0.1) is 20.3 Å². The van der Waals surface area contributed by atoms with E-state index in [2.05, 4.69) is 65.8 Å². The van der Waals surface area contributed by atoms with Crippen LogP contribution in [-0.2, 0) is 13.0 Å². The smallest absolute Gasteiger partial charge is 0.315 e. The number of hydrogen-bond donors (Lipinski definition) is 2. The van der Waals surface area contributed by atoms with Crippen LogP contribution in [0.1, 0.15) is 48.6 Å². The lowest BCUT2D eigenvalue weighted by Gasteiger charge is -2.41. The molecule has 0 saturated heterocycles. The Morgan fingerprint density at radius 2 is 1.90 bits per heavy atom. The van der Waals surface area contributed by atoms with E-state index >= 15 is 0 Å². The lowest BCUT2D eigenvalue weighted by molar-refractivity contribution is 0.143. The maximum atomic E-state index is 12.4. The number of ether oxygens (including phenoxy) is 2. The molecule has 6 nitrogen and oxygen atoms in total. The van der Waals surface area contributed by atoms with Crippen molar-refractivity contribution < 1.29 is 14.3 Å². The van der Waals surface area contributed by atoms with E-state index in [4.69, 9.17) is 9.47 Å². The molecule has 31 heavy (non-hydrogen) atoms. The number of hydrogen-bond acceptors (Lipinski definition) is 4. The predicted molar refractivity (Wildman–Crippen MR) is 124 cm³/mol. The lowest BCUT2D eigenvalue weighted by Crippen LogP contribution is -2.50. The van der Waals surface area contributed by atoms with Crippen molar-refractivity contribution in [3.8, 4) is 11.5 Å². The molecule has 0 saturated carbocycles. The van der Waals surface area contributed by atoms with E-state index in [9.17, 15) is 4.79 Å². The standard InChI is InChI=1S/C25H35N3O3/c1-6-12-26-25(29)27-18(3)24-21-15-23(31-5)22(30-4)14-19(21)11-13-28(24)16-20-10-8-7-9-17(20)2/h7-10,14-15,18,24H,6,11-13,16H2,1-5H3,(H2,26,27,29)/t18-,24-/m0/s1. The highest BCUT2D eigenvalue weighted by atomic mass is 16.5. The number of nitrogens with one attached hydrogen (secondary N) is 2. The van der Waals surface area contributed by atoms with Crippen LogP contribution in [-0.4, -0.2) is 44.3 Å². The quantitative estimate of drug-likeness (QED) is 0.665. The first-order valence-electron chi connectivity index (χ1n) is 11.1. The van der Waals surface area contributed by atoms with E-state index in [-0.39, 0.29) is 18.1 Å². The van der Waals surface area contributed by atoms with Crippen molar-refractivity contribution >= 4 is 6.03 Å². The summed E-state index contributed by atoms with van der Waals surface area (Å²) in [6, 6.07) is 12.5. The number of carbonyl (C=O) groups excluding carboxylic acids is 1. The molecule has 1 heterocycles. The lowest BCUT2D eigenvalue weighted by atomic mass is 9.87. The monoisotopic (exact) mass is 425 g/mol. The second kappa shape index (κ2) is 10.5. The van der Waals surface area contributed by atoms with Crippen LogP contribution in [0.3, 0.4) is 0 Å². The molecular formula is C25H35N3O3. The van der Waals surface area contributed by atoms with Gasteiger partial charge in [-0.2, -0.15) is 0 Å². The van der Waals surface area contributed by atoms with Gasteiger partial charge in [0, 0.05) is 25.7 Å². The van der Waals surface area contributed by atoms with Gasteiger partial charge in [0.15, 0.2) is 11.5 Å². The molecule has 1 aliphatic heterocycles. The molecule has 6 heteroatoms. The van der Waals surface area contributed by atoms with Crippen molar-refractivity contribution in [2.75, 3.05) is 27.3 Å². The number of urea groups is 1. The molecule has 0 radical (unpaired) electrons. The third-order valence-corrected chi connectivity index (χ3v) is 6.03. The first-order valence-corrected chi connectivity index (χ1v) is 11.1. The summed E-state index contributed by atoms with van der Waals surface area (Å²) in [4.78, 5) is 14.9. The molecular weight excluding hydrogens is 390 g/mol. The van der Waals surface area contributed by atoms with Gasteiger partial charge in [0.1, 0.15) is 0 Å². The minimum absolute atomic E-state index is 0.0236. The van der Waals surface area contributed by atoms with Crippen molar-refractivity contribution in [3.05, 3.63) is 58.7 Å². The summed E-state index contributed by atoms with van der Waals surface area (Å²) in [6.07, 6.45) is 1.83. The Balaban J connectivity index is 1.95. The zero-order chi connectivity index (χ0) is 22.4. The highest BCUT2D eigenvalue weighted by molar-refractivity contribution is 5.74. The summed E-state index contributed by atoms with van der Waals surface area (Å²) in [5.41, 5.74) is 5.01. The molecule has 2 aromatic carbocycles. The highest BCUT2D eigenvalue weighted by Gasteiger charge is 2.34. The largest absolute Gasteiger partial charge is 0.493 e. The summed E-state index contributed by atoms with van der Waals surface area (Å²) in [6.45, 7) is 8.67. The number of benzene rings is 2. The molecule has 0 bridgehead atoms. The molecule has 2 amide bonds. The zero-order valence-electron chi connectivity index (χ0n) is 19.3. The number of methoxy groups -OCH3 is 2. The SMILES string of the molecule is CCCNC(=O)N[C@@H](C)[C@H]1c2cc(OC)c(OC)cc2CCN1Cc1ccccc1C. The van der Waals surface area contributed by atoms with Crippen molar-refractivity contribution in [2.45, 2.75) is 52.2 Å². The van der Waals surface area contributed by atoms with Crippen molar-refractivity contribution in [1.29, 1.82) is 0 Å². The van der Waals surface area contributed by atoms with Crippen LogP contribution in [0.15, 0.2) is 36.4 Å². The molecule has 2 N–H and O–H groups in total. The Hall–Kier alpha value is -2.73. The van der Waals surface area contributed by atoms with Crippen molar-refractivity contribution in [1.82, 2.24) is 15.5 Å². The fourth-order valence-electron chi connectivity index (χ4n) is 4.37. The van der Waals surface area contributed by atoms with Crippen LogP contribution in [0.25, 0.3) is 0 Å². The van der Waals surface area contributed by atoms with Gasteiger partial charge in [-0.15, -0.1) is 0 Å². The maximum absolute atomic E-state index is 12.4. The molecule has 0 fully saturated rings. The molecule has 0 aliphatic carbocycles. The number of fused-ring (bicyclic) bond motifs is 1. The van der Waals surface area contributed by atoms with E-state index in [0.29, 0.717) is 12.3 Å². The normalized spacial score (nSPS) is 16.9. The second-order valence-electron chi connectivity index (χ2n) is 8.19. The van der Waals surface area contributed by atoms with E-state index in [0.717, 1.165) is 31.7 Å². The van der Waals surface area contributed by atoms with Gasteiger partial charge in [0.2, 0.25) is 0 Å². The number of carbonyl (C=O) groups is 1. The molecule has 2 aromatic rings. The fourth-order valence-corrected chi connectivity index (χ4v) is 4.37. The zero-order valence-corrected chi connectivity index (χ0v) is 19.3. The van der Waals surface area contributed by atoms with Crippen molar-refractivity contribution in [2.24, 2.45) is 0 Å². The van der Waals surface area contributed by atoms with E-state index in [1.54, 1.807) is 14.2 Å². The molecule has 3 rings (SSSR count). The van der Waals surface area contributed by atoms with Crippen LogP contribution in [0.2, 0.25) is 0 Å². The second-order valence-corrected chi connectivity index (χ2v) is 8.19. The Morgan fingerprint density at radius 1 is 1.19 bits per heavy atom. The first kappa shape index (κ1) is 22.9. The van der Waals surface area contributed by atoms with Gasteiger partial charge in [-0.3, -0.25) is 4.90 Å². The summed E-state index contributed by atoms with van der Waals surface area (Å²) in [5, 5.41) is 6.09. The van der Waals surface area contributed by atoms with E-state index in [1.165, 1.54) is 22.3 Å². The minimum atomic E-state index is -0.127. The number of rotatable bonds is 8. The summed E-state index contributed by atoms with van der Waals surface area (Å²) < 4.78 is 11.1. The number of amides is 2. The maximum Gasteiger partial charge on any atom is 0.315 e. The minimum Gasteiger partial charge on any atom is -0.493 e. The van der Waals surface area contributed by atoms with E-state index < -0.39 is 0 Å². The first-order chi connectivity index (χ1) is 15.0. The average Bonchev–Trinajstić information content (AvgIpc) is 2.77. The molecule has 168 valence electrons. The van der Waals surface area contributed by atoms with Crippen LogP contribution in [0, 0.1) is 6.92 Å². The molecule has 0 aromatic heterocycles. The number of nitrogens with zero attached hydrogens (tertiary/aromatic N) is 1. The molecule has 1 aliphatic rings. The van der Waals surface area contributed by atoms with Gasteiger partial charge < -0.3 is 20.1 Å². The van der Waals surface area contributed by atoms with Gasteiger partial charge in [-0.05, 0) is 61.1 Å². The summed E-state index contributed by atoms with van der Waals surface area (Å²) in [5.74, 6) is 1.46. The average molecular weight is 426 g/mol. The molecule has 0 unspecified atom stereocenters. The fraction of sp³-hybridized carbons (Fsp3) is 0.480. The Morgan fingerprint density at radius 3 is 2.58 bits per heavy atom. The molecule has 0 spiro atoms. The van der Waals surface area contributed by atoms with E-state index in [1.807, 2.05) is 6.92 Å². The highest BCUT2D eigenvalue weighted by Crippen LogP contribution is 2.40. The van der Waals surface area contributed by atoms with Crippen LogP contribution in [0.4, 0.5) is 4.79 Å².